The van der Waals surface area contributed by atoms with E-state index in [4.69, 9.17) is 4.74 Å². The zero-order chi connectivity index (χ0) is 16.8. The van der Waals surface area contributed by atoms with E-state index in [2.05, 4.69) is 54.3 Å². The Kier molecular flexibility index (Phi) is 6.94. The van der Waals surface area contributed by atoms with Gasteiger partial charge in [-0.3, -0.25) is 0 Å². The number of hydrogen-bond donors (Lipinski definition) is 2. The fraction of sp³-hybridized carbons (Fsp3) is 0.706. The van der Waals surface area contributed by atoms with Crippen LogP contribution >= 0.6 is 0 Å². The fourth-order valence-electron chi connectivity index (χ4n) is 2.21. The van der Waals surface area contributed by atoms with Crippen molar-refractivity contribution in [1.82, 2.24) is 15.2 Å². The molecule has 5 heteroatoms. The summed E-state index contributed by atoms with van der Waals surface area (Å²) in [5.41, 5.74) is 0.790. The maximum Gasteiger partial charge on any atom is 0.407 e. The third kappa shape index (κ3) is 6.52. The van der Waals surface area contributed by atoms with Gasteiger partial charge in [-0.25, -0.2) is 4.79 Å². The quantitative estimate of drug-likeness (QED) is 0.813. The van der Waals surface area contributed by atoms with Gasteiger partial charge in [-0.2, -0.15) is 0 Å². The Morgan fingerprint density at radius 1 is 1.36 bits per heavy atom. The zero-order valence-corrected chi connectivity index (χ0v) is 14.8. The van der Waals surface area contributed by atoms with Crippen molar-refractivity contribution in [1.29, 1.82) is 0 Å². The van der Waals surface area contributed by atoms with Crippen LogP contribution in [0, 0.1) is 5.92 Å². The Labute approximate surface area is 134 Å². The van der Waals surface area contributed by atoms with E-state index in [1.54, 1.807) is 0 Å². The molecule has 0 aromatic carbocycles. The maximum atomic E-state index is 11.8. The molecule has 1 aromatic rings. The molecule has 1 amide bonds. The van der Waals surface area contributed by atoms with E-state index in [-0.39, 0.29) is 12.1 Å². The lowest BCUT2D eigenvalue weighted by Gasteiger charge is -2.25. The molecule has 0 aliphatic rings. The molecule has 5 nitrogen and oxygen atoms in total. The van der Waals surface area contributed by atoms with Gasteiger partial charge in [0, 0.05) is 37.6 Å². The van der Waals surface area contributed by atoms with Gasteiger partial charge in [0.2, 0.25) is 0 Å². The Bertz CT molecular complexity index is 461. The highest BCUT2D eigenvalue weighted by Crippen LogP contribution is 2.08. The van der Waals surface area contributed by atoms with Crippen LogP contribution in [0.3, 0.4) is 0 Å². The fourth-order valence-corrected chi connectivity index (χ4v) is 2.21. The molecule has 2 N–H and O–H groups in total. The first-order valence-corrected chi connectivity index (χ1v) is 8.07. The van der Waals surface area contributed by atoms with E-state index in [9.17, 15) is 4.79 Å². The van der Waals surface area contributed by atoms with Crippen molar-refractivity contribution in [3.8, 4) is 0 Å². The first kappa shape index (κ1) is 18.6. The van der Waals surface area contributed by atoms with Gasteiger partial charge >= 0.3 is 6.09 Å². The predicted octanol–water partition coefficient (Wildman–Crippen LogP) is 3.15. The molecule has 22 heavy (non-hydrogen) atoms. The molecule has 1 aromatic heterocycles. The van der Waals surface area contributed by atoms with Crippen molar-refractivity contribution in [2.45, 2.75) is 66.3 Å². The number of hydrogen-bond acceptors (Lipinski definition) is 3. The maximum absolute atomic E-state index is 11.8. The van der Waals surface area contributed by atoms with E-state index in [1.165, 1.54) is 5.69 Å². The zero-order valence-electron chi connectivity index (χ0n) is 14.8. The summed E-state index contributed by atoms with van der Waals surface area (Å²) in [5.74, 6) is 0.417. The predicted molar refractivity (Wildman–Crippen MR) is 89.8 cm³/mol. The molecule has 1 unspecified atom stereocenters. The molecular weight excluding hydrogens is 278 g/mol. The number of carbonyl (C=O) groups excluding carboxylic acids is 1. The van der Waals surface area contributed by atoms with Crippen LogP contribution in [0.25, 0.3) is 0 Å². The number of amides is 1. The lowest BCUT2D eigenvalue weighted by atomic mass is 10.0. The molecule has 0 aliphatic carbocycles. The van der Waals surface area contributed by atoms with E-state index in [0.29, 0.717) is 12.5 Å². The van der Waals surface area contributed by atoms with Crippen LogP contribution in [0.4, 0.5) is 4.79 Å². The van der Waals surface area contributed by atoms with Gasteiger partial charge < -0.3 is 19.9 Å². The molecule has 0 saturated carbocycles. The van der Waals surface area contributed by atoms with Crippen LogP contribution in [0.1, 0.15) is 47.2 Å². The van der Waals surface area contributed by atoms with Crippen LogP contribution < -0.4 is 10.6 Å². The Balaban J connectivity index is 2.47. The highest BCUT2D eigenvalue weighted by atomic mass is 16.6. The minimum atomic E-state index is -0.465. The lowest BCUT2D eigenvalue weighted by molar-refractivity contribution is 0.0519. The number of nitrogens with zero attached hydrogens (tertiary/aromatic N) is 1. The van der Waals surface area contributed by atoms with Gasteiger partial charge in [-0.1, -0.05) is 13.8 Å². The third-order valence-corrected chi connectivity index (χ3v) is 3.48. The van der Waals surface area contributed by atoms with Crippen molar-refractivity contribution < 1.29 is 9.53 Å². The lowest BCUT2D eigenvalue weighted by Crippen LogP contribution is -2.45. The highest BCUT2D eigenvalue weighted by Gasteiger charge is 2.19. The van der Waals surface area contributed by atoms with Crippen molar-refractivity contribution in [2.24, 2.45) is 5.92 Å². The van der Waals surface area contributed by atoms with Gasteiger partial charge in [0.1, 0.15) is 5.60 Å². The first-order valence-electron chi connectivity index (χ1n) is 8.07. The summed E-state index contributed by atoms with van der Waals surface area (Å²) in [6.45, 7) is 14.3. The van der Waals surface area contributed by atoms with E-state index >= 15 is 0 Å². The summed E-state index contributed by atoms with van der Waals surface area (Å²) in [4.78, 5) is 11.8. The van der Waals surface area contributed by atoms with Crippen LogP contribution in [0.15, 0.2) is 18.3 Å². The van der Waals surface area contributed by atoms with Crippen molar-refractivity contribution in [3.63, 3.8) is 0 Å². The molecule has 0 saturated heterocycles. The topological polar surface area (TPSA) is 55.3 Å². The van der Waals surface area contributed by atoms with Gasteiger partial charge in [0.15, 0.2) is 0 Å². The number of rotatable bonds is 7. The van der Waals surface area contributed by atoms with E-state index < -0.39 is 5.60 Å². The first-order chi connectivity index (χ1) is 10.2. The van der Waals surface area contributed by atoms with E-state index in [0.717, 1.165) is 13.1 Å². The summed E-state index contributed by atoms with van der Waals surface area (Å²) in [7, 11) is 0. The van der Waals surface area contributed by atoms with E-state index in [1.807, 2.05) is 20.8 Å². The van der Waals surface area contributed by atoms with Crippen LogP contribution in [0.2, 0.25) is 0 Å². The molecule has 1 heterocycles. The van der Waals surface area contributed by atoms with Gasteiger partial charge in [-0.05, 0) is 45.7 Å². The minimum absolute atomic E-state index is 0.202. The molecule has 0 fully saturated rings. The second-order valence-corrected chi connectivity index (χ2v) is 6.90. The second kappa shape index (κ2) is 8.22. The van der Waals surface area contributed by atoms with Crippen LogP contribution in [-0.4, -0.2) is 28.8 Å². The standard InChI is InChI=1S/C17H31N3O2/c1-7-20-10-8-9-14(20)11-18-15(13(2)3)12-19-16(21)22-17(4,5)6/h8-10,13,15,18H,7,11-12H2,1-6H3,(H,19,21). The normalized spacial score (nSPS) is 13.2. The molecule has 0 radical (unpaired) electrons. The third-order valence-electron chi connectivity index (χ3n) is 3.48. The average molecular weight is 309 g/mol. The minimum Gasteiger partial charge on any atom is -0.444 e. The molecule has 0 aliphatic heterocycles. The summed E-state index contributed by atoms with van der Waals surface area (Å²) in [5, 5.41) is 6.37. The molecule has 0 spiro atoms. The van der Waals surface area contributed by atoms with Crippen molar-refractivity contribution in [3.05, 3.63) is 24.0 Å². The summed E-state index contributed by atoms with van der Waals surface area (Å²) in [6.07, 6.45) is 1.72. The van der Waals surface area contributed by atoms with Gasteiger partial charge in [-0.15, -0.1) is 0 Å². The smallest absolute Gasteiger partial charge is 0.407 e. The number of alkyl carbamates (subject to hydrolysis) is 1. The Morgan fingerprint density at radius 3 is 2.59 bits per heavy atom. The largest absolute Gasteiger partial charge is 0.444 e. The number of carbonyl (C=O) groups is 1. The number of nitrogens with one attached hydrogen (secondary N) is 2. The van der Waals surface area contributed by atoms with Crippen LogP contribution in [-0.2, 0) is 17.8 Å². The van der Waals surface area contributed by atoms with Crippen molar-refractivity contribution >= 4 is 6.09 Å². The van der Waals surface area contributed by atoms with Gasteiger partial charge in [0.25, 0.3) is 0 Å². The molecule has 1 rings (SSSR count). The summed E-state index contributed by atoms with van der Waals surface area (Å²) in [6, 6.07) is 4.38. The number of aryl methyl sites for hydroxylation is 1. The average Bonchev–Trinajstić information content (AvgIpc) is 2.83. The highest BCUT2D eigenvalue weighted by molar-refractivity contribution is 5.67. The Hall–Kier alpha value is -1.49. The summed E-state index contributed by atoms with van der Waals surface area (Å²) < 4.78 is 7.49. The number of aromatic nitrogens is 1. The Morgan fingerprint density at radius 2 is 2.05 bits per heavy atom. The molecule has 126 valence electrons. The second-order valence-electron chi connectivity index (χ2n) is 6.90. The van der Waals surface area contributed by atoms with Gasteiger partial charge in [0.05, 0.1) is 0 Å². The molecule has 1 atom stereocenters. The number of ether oxygens (including phenoxy) is 1. The van der Waals surface area contributed by atoms with Crippen LogP contribution in [0.5, 0.6) is 0 Å². The SMILES string of the molecule is CCn1cccc1CNC(CNC(=O)OC(C)(C)C)C(C)C. The van der Waals surface area contributed by atoms with Crippen molar-refractivity contribution in [2.75, 3.05) is 6.54 Å². The monoisotopic (exact) mass is 309 g/mol. The molecular formula is C17H31N3O2. The summed E-state index contributed by atoms with van der Waals surface area (Å²) >= 11 is 0. The molecule has 0 bridgehead atoms.